The van der Waals surface area contributed by atoms with Crippen LogP contribution in [0.5, 0.6) is 5.75 Å². The minimum Gasteiger partial charge on any atom is -0.497 e. The Kier molecular flexibility index (Phi) is 3.92. The predicted molar refractivity (Wildman–Crippen MR) is 87.0 cm³/mol. The standard InChI is InChI=1S/C18H19N3O/c1-13-8-16(22-3)9-14(2)18(13)17-5-4-15(10-20-17)11-21-7-6-19-12-21/h4-10,12H,11H2,1-3H3. The van der Waals surface area contributed by atoms with Crippen molar-refractivity contribution in [2.24, 2.45) is 0 Å². The van der Waals surface area contributed by atoms with Crippen molar-refractivity contribution in [3.63, 3.8) is 0 Å². The number of benzene rings is 1. The van der Waals surface area contributed by atoms with E-state index < -0.39 is 0 Å². The van der Waals surface area contributed by atoms with Gasteiger partial charge in [-0.15, -0.1) is 0 Å². The summed E-state index contributed by atoms with van der Waals surface area (Å²) in [6.45, 7) is 4.96. The lowest BCUT2D eigenvalue weighted by atomic mass is 9.98. The summed E-state index contributed by atoms with van der Waals surface area (Å²) in [6.07, 6.45) is 7.47. The molecule has 0 N–H and O–H groups in total. The monoisotopic (exact) mass is 293 g/mol. The summed E-state index contributed by atoms with van der Waals surface area (Å²) in [5, 5.41) is 0. The first-order chi connectivity index (χ1) is 10.7. The van der Waals surface area contributed by atoms with Gasteiger partial charge in [0.2, 0.25) is 0 Å². The molecule has 3 aromatic rings. The molecule has 0 unspecified atom stereocenters. The summed E-state index contributed by atoms with van der Waals surface area (Å²) in [7, 11) is 1.69. The first-order valence-electron chi connectivity index (χ1n) is 7.23. The SMILES string of the molecule is COc1cc(C)c(-c2ccc(Cn3ccnc3)cn2)c(C)c1. The molecule has 0 saturated carbocycles. The van der Waals surface area contributed by atoms with Crippen LogP contribution in [0.4, 0.5) is 0 Å². The second-order valence-corrected chi connectivity index (χ2v) is 5.42. The van der Waals surface area contributed by atoms with Gasteiger partial charge in [-0.25, -0.2) is 4.98 Å². The Morgan fingerprint density at radius 1 is 1.14 bits per heavy atom. The number of aryl methyl sites for hydroxylation is 2. The van der Waals surface area contributed by atoms with Gasteiger partial charge in [0.05, 0.1) is 19.1 Å². The molecule has 1 aromatic carbocycles. The molecule has 2 heterocycles. The Morgan fingerprint density at radius 3 is 2.45 bits per heavy atom. The van der Waals surface area contributed by atoms with Crippen molar-refractivity contribution < 1.29 is 4.74 Å². The minimum atomic E-state index is 0.786. The zero-order valence-electron chi connectivity index (χ0n) is 13.1. The van der Waals surface area contributed by atoms with E-state index in [2.05, 4.69) is 35.9 Å². The Balaban J connectivity index is 1.90. The third-order valence-corrected chi connectivity index (χ3v) is 3.75. The molecule has 112 valence electrons. The quantitative estimate of drug-likeness (QED) is 0.737. The number of pyridine rings is 1. The lowest BCUT2D eigenvalue weighted by Crippen LogP contribution is -1.98. The predicted octanol–water partition coefficient (Wildman–Crippen LogP) is 3.62. The molecular formula is C18H19N3O. The molecule has 2 aromatic heterocycles. The third kappa shape index (κ3) is 2.86. The highest BCUT2D eigenvalue weighted by Crippen LogP contribution is 2.29. The van der Waals surface area contributed by atoms with Crippen molar-refractivity contribution in [1.82, 2.24) is 14.5 Å². The number of methoxy groups -OCH3 is 1. The van der Waals surface area contributed by atoms with Gasteiger partial charge in [-0.2, -0.15) is 0 Å². The van der Waals surface area contributed by atoms with Crippen molar-refractivity contribution in [2.45, 2.75) is 20.4 Å². The molecule has 0 fully saturated rings. The Morgan fingerprint density at radius 2 is 1.91 bits per heavy atom. The first kappa shape index (κ1) is 14.3. The summed E-state index contributed by atoms with van der Waals surface area (Å²) in [4.78, 5) is 8.69. The van der Waals surface area contributed by atoms with Gasteiger partial charge in [-0.1, -0.05) is 6.07 Å². The Bertz CT molecular complexity index is 739. The molecule has 3 rings (SSSR count). The van der Waals surface area contributed by atoms with E-state index in [-0.39, 0.29) is 0 Å². The van der Waals surface area contributed by atoms with Crippen LogP contribution in [0.2, 0.25) is 0 Å². The maximum Gasteiger partial charge on any atom is 0.119 e. The fourth-order valence-electron chi connectivity index (χ4n) is 2.70. The maximum atomic E-state index is 5.32. The van der Waals surface area contributed by atoms with Crippen LogP contribution in [0.25, 0.3) is 11.3 Å². The van der Waals surface area contributed by atoms with Crippen LogP contribution in [-0.4, -0.2) is 21.6 Å². The highest BCUT2D eigenvalue weighted by molar-refractivity contribution is 5.68. The molecular weight excluding hydrogens is 274 g/mol. The number of nitrogens with zero attached hydrogens (tertiary/aromatic N) is 3. The topological polar surface area (TPSA) is 39.9 Å². The molecule has 0 amide bonds. The number of ether oxygens (including phenoxy) is 1. The first-order valence-corrected chi connectivity index (χ1v) is 7.23. The van der Waals surface area contributed by atoms with E-state index in [4.69, 9.17) is 4.74 Å². The highest BCUT2D eigenvalue weighted by atomic mass is 16.5. The Hall–Kier alpha value is -2.62. The van der Waals surface area contributed by atoms with Gasteiger partial charge in [0.25, 0.3) is 0 Å². The van der Waals surface area contributed by atoms with Gasteiger partial charge in [-0.3, -0.25) is 4.98 Å². The van der Waals surface area contributed by atoms with E-state index in [0.29, 0.717) is 0 Å². The Labute approximate surface area is 130 Å². The van der Waals surface area contributed by atoms with E-state index >= 15 is 0 Å². The van der Waals surface area contributed by atoms with Gasteiger partial charge in [-0.05, 0) is 48.7 Å². The molecule has 0 aliphatic heterocycles. The van der Waals surface area contributed by atoms with E-state index in [1.165, 1.54) is 16.7 Å². The van der Waals surface area contributed by atoms with Crippen LogP contribution < -0.4 is 4.74 Å². The van der Waals surface area contributed by atoms with Crippen LogP contribution >= 0.6 is 0 Å². The number of hydrogen-bond acceptors (Lipinski definition) is 3. The lowest BCUT2D eigenvalue weighted by molar-refractivity contribution is 0.414. The van der Waals surface area contributed by atoms with Gasteiger partial charge in [0.1, 0.15) is 5.75 Å². The molecule has 0 saturated heterocycles. The van der Waals surface area contributed by atoms with Crippen LogP contribution in [-0.2, 0) is 6.54 Å². The highest BCUT2D eigenvalue weighted by Gasteiger charge is 2.09. The zero-order chi connectivity index (χ0) is 15.5. The summed E-state index contributed by atoms with van der Waals surface area (Å²) >= 11 is 0. The summed E-state index contributed by atoms with van der Waals surface area (Å²) in [5.41, 5.74) is 5.67. The molecule has 0 bridgehead atoms. The summed E-state index contributed by atoms with van der Waals surface area (Å²) < 4.78 is 7.34. The zero-order valence-corrected chi connectivity index (χ0v) is 13.1. The van der Waals surface area contributed by atoms with E-state index in [0.717, 1.165) is 23.6 Å². The minimum absolute atomic E-state index is 0.786. The van der Waals surface area contributed by atoms with Crippen LogP contribution in [0.15, 0.2) is 49.2 Å². The second kappa shape index (κ2) is 6.02. The van der Waals surface area contributed by atoms with Crippen LogP contribution in [0, 0.1) is 13.8 Å². The lowest BCUT2D eigenvalue weighted by Gasteiger charge is -2.12. The molecule has 0 aliphatic rings. The summed E-state index contributed by atoms with van der Waals surface area (Å²) in [6, 6.07) is 8.28. The van der Waals surface area contributed by atoms with Crippen molar-refractivity contribution in [3.8, 4) is 17.0 Å². The van der Waals surface area contributed by atoms with Crippen LogP contribution in [0.3, 0.4) is 0 Å². The molecule has 4 nitrogen and oxygen atoms in total. The average Bonchev–Trinajstić information content (AvgIpc) is 3.01. The third-order valence-electron chi connectivity index (χ3n) is 3.75. The van der Waals surface area contributed by atoms with Crippen molar-refractivity contribution in [3.05, 3.63) is 65.9 Å². The van der Waals surface area contributed by atoms with E-state index in [1.54, 1.807) is 13.3 Å². The van der Waals surface area contributed by atoms with Gasteiger partial charge in [0, 0.05) is 30.7 Å². The largest absolute Gasteiger partial charge is 0.497 e. The second-order valence-electron chi connectivity index (χ2n) is 5.42. The van der Waals surface area contributed by atoms with Gasteiger partial charge in [0.15, 0.2) is 0 Å². The van der Waals surface area contributed by atoms with Gasteiger partial charge < -0.3 is 9.30 Å². The van der Waals surface area contributed by atoms with Crippen molar-refractivity contribution in [1.29, 1.82) is 0 Å². The molecule has 0 radical (unpaired) electrons. The smallest absolute Gasteiger partial charge is 0.119 e. The fraction of sp³-hybridized carbons (Fsp3) is 0.222. The van der Waals surface area contributed by atoms with Crippen LogP contribution in [0.1, 0.15) is 16.7 Å². The number of aromatic nitrogens is 3. The van der Waals surface area contributed by atoms with Crippen molar-refractivity contribution in [2.75, 3.05) is 7.11 Å². The van der Waals surface area contributed by atoms with E-state index in [9.17, 15) is 0 Å². The van der Waals surface area contributed by atoms with Gasteiger partial charge >= 0.3 is 0 Å². The average molecular weight is 293 g/mol. The summed E-state index contributed by atoms with van der Waals surface area (Å²) in [5.74, 6) is 0.885. The molecule has 0 spiro atoms. The molecule has 4 heteroatoms. The molecule has 0 atom stereocenters. The maximum absolute atomic E-state index is 5.32. The number of imidazole rings is 1. The molecule has 0 aliphatic carbocycles. The molecule has 22 heavy (non-hydrogen) atoms. The number of rotatable bonds is 4. The fourth-order valence-corrected chi connectivity index (χ4v) is 2.70. The van der Waals surface area contributed by atoms with E-state index in [1.807, 2.05) is 35.4 Å². The normalized spacial score (nSPS) is 10.7. The van der Waals surface area contributed by atoms with Crippen molar-refractivity contribution >= 4 is 0 Å². The number of hydrogen-bond donors (Lipinski definition) is 0.